The SMILES string of the molecule is C/C(=C\C=C(/N)NCc1ccc2ccccc2c1)n1c2ccccc2c2cc3c(cc21)C(C)(C)C1=C3C=CCC1. The van der Waals surface area contributed by atoms with E-state index in [9.17, 15) is 0 Å². The van der Waals surface area contributed by atoms with Crippen LogP contribution in [-0.2, 0) is 12.0 Å². The van der Waals surface area contributed by atoms with E-state index in [1.807, 2.05) is 6.08 Å². The van der Waals surface area contributed by atoms with E-state index in [-0.39, 0.29) is 5.41 Å². The van der Waals surface area contributed by atoms with Gasteiger partial charge in [0.2, 0.25) is 0 Å². The number of aromatic nitrogens is 1. The highest BCUT2D eigenvalue weighted by molar-refractivity contribution is 6.12. The highest BCUT2D eigenvalue weighted by atomic mass is 15.0. The van der Waals surface area contributed by atoms with Crippen molar-refractivity contribution in [2.75, 3.05) is 0 Å². The Morgan fingerprint density at radius 3 is 2.58 bits per heavy atom. The summed E-state index contributed by atoms with van der Waals surface area (Å²) in [7, 11) is 0. The van der Waals surface area contributed by atoms with Crippen molar-refractivity contribution < 1.29 is 0 Å². The topological polar surface area (TPSA) is 43.0 Å². The first-order valence-electron chi connectivity index (χ1n) is 14.3. The van der Waals surface area contributed by atoms with Gasteiger partial charge in [-0.25, -0.2) is 0 Å². The van der Waals surface area contributed by atoms with Crippen LogP contribution in [0.3, 0.4) is 0 Å². The van der Waals surface area contributed by atoms with Gasteiger partial charge in [-0.1, -0.05) is 86.2 Å². The van der Waals surface area contributed by atoms with Gasteiger partial charge >= 0.3 is 0 Å². The Bertz CT molecular complexity index is 1940. The molecule has 4 aromatic carbocycles. The molecule has 3 nitrogen and oxygen atoms in total. The number of nitrogens with one attached hydrogen (secondary N) is 1. The zero-order valence-corrected chi connectivity index (χ0v) is 23.5. The van der Waals surface area contributed by atoms with Crippen LogP contribution < -0.4 is 11.1 Å². The normalized spacial score (nSPS) is 16.7. The van der Waals surface area contributed by atoms with E-state index in [0.29, 0.717) is 12.4 Å². The third-order valence-corrected chi connectivity index (χ3v) is 8.87. The van der Waals surface area contributed by atoms with Crippen LogP contribution in [0.15, 0.2) is 115 Å². The molecule has 3 heteroatoms. The molecule has 1 heterocycles. The van der Waals surface area contributed by atoms with Gasteiger partial charge < -0.3 is 15.6 Å². The molecule has 40 heavy (non-hydrogen) atoms. The predicted molar refractivity (Wildman–Crippen MR) is 171 cm³/mol. The molecular weight excluding hydrogens is 486 g/mol. The first kappa shape index (κ1) is 24.5. The molecule has 0 unspecified atom stereocenters. The lowest BCUT2D eigenvalue weighted by molar-refractivity contribution is 0.608. The van der Waals surface area contributed by atoms with Crippen LogP contribution in [0, 0.1) is 0 Å². The Morgan fingerprint density at radius 1 is 0.900 bits per heavy atom. The van der Waals surface area contributed by atoms with Crippen molar-refractivity contribution >= 4 is 43.8 Å². The number of nitrogens with two attached hydrogens (primary N) is 1. The molecule has 0 saturated carbocycles. The third-order valence-electron chi connectivity index (χ3n) is 8.87. The van der Waals surface area contributed by atoms with Crippen molar-refractivity contribution in [2.45, 2.75) is 45.6 Å². The molecule has 0 aliphatic heterocycles. The zero-order chi connectivity index (χ0) is 27.4. The largest absolute Gasteiger partial charge is 0.386 e. The monoisotopic (exact) mass is 521 g/mol. The minimum Gasteiger partial charge on any atom is -0.386 e. The number of benzene rings is 4. The summed E-state index contributed by atoms with van der Waals surface area (Å²) in [4.78, 5) is 0. The van der Waals surface area contributed by atoms with Crippen LogP contribution in [-0.4, -0.2) is 4.57 Å². The van der Waals surface area contributed by atoms with E-state index >= 15 is 0 Å². The second-order valence-corrected chi connectivity index (χ2v) is 11.7. The molecule has 0 atom stereocenters. The van der Waals surface area contributed by atoms with Gasteiger partial charge in [-0.3, -0.25) is 0 Å². The van der Waals surface area contributed by atoms with Crippen LogP contribution in [0.4, 0.5) is 0 Å². The van der Waals surface area contributed by atoms with Crippen molar-refractivity contribution in [1.82, 2.24) is 9.88 Å². The first-order valence-corrected chi connectivity index (χ1v) is 14.3. The molecular formula is C37H35N3. The van der Waals surface area contributed by atoms with Gasteiger partial charge in [-0.15, -0.1) is 0 Å². The van der Waals surface area contributed by atoms with E-state index < -0.39 is 0 Å². The molecule has 5 aromatic rings. The van der Waals surface area contributed by atoms with E-state index in [1.165, 1.54) is 54.8 Å². The molecule has 7 rings (SSSR count). The molecule has 0 fully saturated rings. The number of rotatable bonds is 5. The standard InChI is InChI=1S/C37H35N3/c1-24(16-19-36(38)39-23-25-17-18-26-10-4-5-11-27(26)20-25)40-34-15-9-7-13-29(34)31-21-30-28-12-6-8-14-32(28)37(2,3)33(30)22-35(31)40/h4-7,9-13,15-22,39H,8,14,23,38H2,1-3H3/b24-16+,36-19+. The lowest BCUT2D eigenvalue weighted by Gasteiger charge is -2.25. The van der Waals surface area contributed by atoms with Crippen molar-refractivity contribution in [2.24, 2.45) is 5.73 Å². The fraction of sp³-hybridized carbons (Fsp3) is 0.189. The van der Waals surface area contributed by atoms with E-state index in [2.05, 4.69) is 128 Å². The fourth-order valence-electron chi connectivity index (χ4n) is 6.76. The zero-order valence-electron chi connectivity index (χ0n) is 23.5. The van der Waals surface area contributed by atoms with Crippen molar-refractivity contribution in [3.8, 4) is 0 Å². The highest BCUT2D eigenvalue weighted by Gasteiger charge is 2.38. The van der Waals surface area contributed by atoms with Crippen LogP contribution >= 0.6 is 0 Å². The highest BCUT2D eigenvalue weighted by Crippen LogP contribution is 2.51. The number of nitrogens with zero attached hydrogens (tertiary/aromatic N) is 1. The lowest BCUT2D eigenvalue weighted by Crippen LogP contribution is -2.19. The summed E-state index contributed by atoms with van der Waals surface area (Å²) in [5.41, 5.74) is 17.1. The number of hydrogen-bond acceptors (Lipinski definition) is 2. The summed E-state index contributed by atoms with van der Waals surface area (Å²) in [6.45, 7) is 7.63. The predicted octanol–water partition coefficient (Wildman–Crippen LogP) is 8.79. The molecule has 0 spiro atoms. The second-order valence-electron chi connectivity index (χ2n) is 11.7. The Kier molecular flexibility index (Phi) is 5.71. The summed E-state index contributed by atoms with van der Waals surface area (Å²) in [6, 6.07) is 28.6. The van der Waals surface area contributed by atoms with Crippen LogP contribution in [0.25, 0.3) is 43.8 Å². The molecule has 2 aliphatic carbocycles. The van der Waals surface area contributed by atoms with E-state index in [4.69, 9.17) is 5.73 Å². The van der Waals surface area contributed by atoms with E-state index in [0.717, 1.165) is 18.5 Å². The molecule has 2 aliphatic rings. The molecule has 0 bridgehead atoms. The average molecular weight is 522 g/mol. The molecule has 1 aromatic heterocycles. The molecule has 0 saturated heterocycles. The average Bonchev–Trinajstić information content (AvgIpc) is 3.42. The van der Waals surface area contributed by atoms with Crippen molar-refractivity contribution in [3.63, 3.8) is 0 Å². The number of fused-ring (bicyclic) bond motifs is 6. The number of para-hydroxylation sites is 1. The lowest BCUT2D eigenvalue weighted by atomic mass is 9.78. The van der Waals surface area contributed by atoms with Crippen molar-refractivity contribution in [1.29, 1.82) is 0 Å². The van der Waals surface area contributed by atoms with Gasteiger partial charge in [0.05, 0.1) is 16.9 Å². The van der Waals surface area contributed by atoms with Gasteiger partial charge in [0.1, 0.15) is 0 Å². The van der Waals surface area contributed by atoms with Gasteiger partial charge in [0.15, 0.2) is 0 Å². The summed E-state index contributed by atoms with van der Waals surface area (Å²) >= 11 is 0. The summed E-state index contributed by atoms with van der Waals surface area (Å²) in [6.07, 6.45) is 11.1. The van der Waals surface area contributed by atoms with Gasteiger partial charge in [0.25, 0.3) is 0 Å². The van der Waals surface area contributed by atoms with Gasteiger partial charge in [0, 0.05) is 28.4 Å². The maximum atomic E-state index is 6.42. The smallest absolute Gasteiger partial charge is 0.0963 e. The van der Waals surface area contributed by atoms with Gasteiger partial charge in [-0.05, 0) is 89.2 Å². The molecule has 0 radical (unpaired) electrons. The van der Waals surface area contributed by atoms with E-state index in [1.54, 1.807) is 5.57 Å². The Hall–Kier alpha value is -4.50. The minimum atomic E-state index is 0.0412. The van der Waals surface area contributed by atoms with Crippen LogP contribution in [0.5, 0.6) is 0 Å². The third kappa shape index (κ3) is 3.88. The summed E-state index contributed by atoms with van der Waals surface area (Å²) in [5, 5.41) is 8.47. The van der Waals surface area contributed by atoms with Crippen LogP contribution in [0.1, 0.15) is 50.3 Å². The maximum Gasteiger partial charge on any atom is 0.0963 e. The molecule has 0 amide bonds. The minimum absolute atomic E-state index is 0.0412. The maximum absolute atomic E-state index is 6.42. The Balaban J connectivity index is 1.25. The molecule has 3 N–H and O–H groups in total. The Labute approximate surface area is 236 Å². The second kappa shape index (κ2) is 9.31. The fourth-order valence-corrected chi connectivity index (χ4v) is 6.76. The quantitative estimate of drug-likeness (QED) is 0.227. The van der Waals surface area contributed by atoms with Crippen molar-refractivity contribution in [3.05, 3.63) is 131 Å². The molecule has 198 valence electrons. The first-order chi connectivity index (χ1) is 19.4. The Morgan fingerprint density at radius 2 is 1.70 bits per heavy atom. The van der Waals surface area contributed by atoms with Crippen LogP contribution in [0.2, 0.25) is 0 Å². The van der Waals surface area contributed by atoms with Gasteiger partial charge in [-0.2, -0.15) is 0 Å². The summed E-state index contributed by atoms with van der Waals surface area (Å²) < 4.78 is 2.39. The number of hydrogen-bond donors (Lipinski definition) is 2. The summed E-state index contributed by atoms with van der Waals surface area (Å²) in [5.74, 6) is 0.652. The number of allylic oxidation sites excluding steroid dienone is 7.